The Kier molecular flexibility index (Phi) is 7.26. The van der Waals surface area contributed by atoms with Gasteiger partial charge in [-0.25, -0.2) is 0 Å². The molecule has 0 unspecified atom stereocenters. The maximum absolute atomic E-state index is 11.5. The molecule has 8 heteroatoms. The number of hydrogen-bond acceptors (Lipinski definition) is 6. The SMILES string of the molecule is COc1ccccc1Oc1cccc(CN2CCC(O)(c3cc(Cl)ccc3/C(N)=N/N)CC2)c1. The summed E-state index contributed by atoms with van der Waals surface area (Å²) in [4.78, 5) is 2.31. The highest BCUT2D eigenvalue weighted by atomic mass is 35.5. The average Bonchev–Trinajstić information content (AvgIpc) is 2.85. The van der Waals surface area contributed by atoms with Gasteiger partial charge in [-0.05, 0) is 66.4 Å². The van der Waals surface area contributed by atoms with Gasteiger partial charge in [0.2, 0.25) is 0 Å². The predicted octanol–water partition coefficient (Wildman–Crippen LogP) is 4.20. The quantitative estimate of drug-likeness (QED) is 0.202. The number of aliphatic hydroxyl groups is 1. The van der Waals surface area contributed by atoms with E-state index in [1.54, 1.807) is 25.3 Å². The van der Waals surface area contributed by atoms with Crippen LogP contribution in [-0.4, -0.2) is 36.0 Å². The Labute approximate surface area is 204 Å². The Morgan fingerprint density at radius 2 is 1.79 bits per heavy atom. The molecule has 0 radical (unpaired) electrons. The summed E-state index contributed by atoms with van der Waals surface area (Å²) in [5.74, 6) is 7.67. The van der Waals surface area contributed by atoms with Crippen molar-refractivity contribution in [2.24, 2.45) is 16.7 Å². The smallest absolute Gasteiger partial charge is 0.169 e. The van der Waals surface area contributed by atoms with E-state index in [2.05, 4.69) is 16.1 Å². The van der Waals surface area contributed by atoms with Crippen LogP contribution in [-0.2, 0) is 12.1 Å². The van der Waals surface area contributed by atoms with Crippen LogP contribution in [0.15, 0.2) is 71.8 Å². The zero-order valence-electron chi connectivity index (χ0n) is 19.1. The first-order valence-corrected chi connectivity index (χ1v) is 11.5. The topological polar surface area (TPSA) is 106 Å². The molecule has 7 nitrogen and oxygen atoms in total. The van der Waals surface area contributed by atoms with Crippen LogP contribution in [0.4, 0.5) is 0 Å². The highest BCUT2D eigenvalue weighted by Gasteiger charge is 2.36. The van der Waals surface area contributed by atoms with E-state index in [-0.39, 0.29) is 5.84 Å². The lowest BCUT2D eigenvalue weighted by Gasteiger charge is -2.39. The number of piperidine rings is 1. The van der Waals surface area contributed by atoms with Gasteiger partial charge < -0.3 is 26.2 Å². The molecule has 1 heterocycles. The summed E-state index contributed by atoms with van der Waals surface area (Å²) in [5, 5.41) is 15.6. The molecular weight excluding hydrogens is 452 g/mol. The minimum absolute atomic E-state index is 0.175. The molecule has 34 heavy (non-hydrogen) atoms. The lowest BCUT2D eigenvalue weighted by molar-refractivity contribution is -0.0278. The van der Waals surface area contributed by atoms with Crippen molar-refractivity contribution in [1.29, 1.82) is 0 Å². The second kappa shape index (κ2) is 10.3. The summed E-state index contributed by atoms with van der Waals surface area (Å²) in [6.45, 7) is 2.16. The highest BCUT2D eigenvalue weighted by molar-refractivity contribution is 6.30. The zero-order chi connectivity index (χ0) is 24.1. The van der Waals surface area contributed by atoms with E-state index in [4.69, 9.17) is 32.7 Å². The molecule has 4 rings (SSSR count). The molecule has 3 aromatic carbocycles. The lowest BCUT2D eigenvalue weighted by Crippen LogP contribution is -2.43. The fourth-order valence-electron chi connectivity index (χ4n) is 4.34. The molecule has 0 amide bonds. The van der Waals surface area contributed by atoms with Gasteiger partial charge in [0, 0.05) is 30.2 Å². The van der Waals surface area contributed by atoms with E-state index < -0.39 is 5.60 Å². The Bertz CT molecular complexity index is 1180. The van der Waals surface area contributed by atoms with Gasteiger partial charge in [0.1, 0.15) is 5.75 Å². The first-order valence-electron chi connectivity index (χ1n) is 11.1. The summed E-state index contributed by atoms with van der Waals surface area (Å²) in [6, 6.07) is 20.8. The number of nitrogens with two attached hydrogens (primary N) is 2. The van der Waals surface area contributed by atoms with Crippen LogP contribution in [0.3, 0.4) is 0 Å². The number of ether oxygens (including phenoxy) is 2. The fourth-order valence-corrected chi connectivity index (χ4v) is 4.51. The van der Waals surface area contributed by atoms with Crippen molar-refractivity contribution in [2.75, 3.05) is 20.2 Å². The number of para-hydroxylation sites is 2. The first-order chi connectivity index (χ1) is 16.4. The monoisotopic (exact) mass is 480 g/mol. The van der Waals surface area contributed by atoms with E-state index in [0.29, 0.717) is 53.6 Å². The molecule has 0 bridgehead atoms. The molecule has 0 aromatic heterocycles. The molecule has 1 saturated heterocycles. The van der Waals surface area contributed by atoms with Crippen molar-refractivity contribution >= 4 is 17.4 Å². The standard InChI is InChI=1S/C26H29ClN4O3/c1-33-23-7-2-3-8-24(23)34-20-6-4-5-18(15-20)17-31-13-11-26(32,12-14-31)22-16-19(27)9-10-21(22)25(28)30-29/h2-10,15-16,32H,11-14,17,29H2,1H3,(H2,28,30). The number of hydrazone groups is 1. The Morgan fingerprint density at radius 1 is 1.06 bits per heavy atom. The van der Waals surface area contributed by atoms with Gasteiger partial charge in [0.15, 0.2) is 17.3 Å². The lowest BCUT2D eigenvalue weighted by atomic mass is 9.81. The Morgan fingerprint density at radius 3 is 2.50 bits per heavy atom. The maximum Gasteiger partial charge on any atom is 0.169 e. The molecule has 1 aliphatic rings. The van der Waals surface area contributed by atoms with E-state index in [1.807, 2.05) is 42.5 Å². The predicted molar refractivity (Wildman–Crippen MR) is 134 cm³/mol. The number of methoxy groups -OCH3 is 1. The highest BCUT2D eigenvalue weighted by Crippen LogP contribution is 2.37. The van der Waals surface area contributed by atoms with Crippen LogP contribution in [0, 0.1) is 0 Å². The fraction of sp³-hybridized carbons (Fsp3) is 0.269. The minimum atomic E-state index is -1.05. The van der Waals surface area contributed by atoms with Gasteiger partial charge in [0.05, 0.1) is 12.7 Å². The molecule has 0 aliphatic carbocycles. The van der Waals surface area contributed by atoms with Crippen LogP contribution < -0.4 is 21.1 Å². The number of nitrogens with zero attached hydrogens (tertiary/aromatic N) is 2. The van der Waals surface area contributed by atoms with Gasteiger partial charge in [-0.3, -0.25) is 4.90 Å². The molecule has 1 aliphatic heterocycles. The number of benzene rings is 3. The summed E-state index contributed by atoms with van der Waals surface area (Å²) in [5.41, 5.74) is 7.32. The van der Waals surface area contributed by atoms with Gasteiger partial charge >= 0.3 is 0 Å². The van der Waals surface area contributed by atoms with Crippen molar-refractivity contribution in [1.82, 2.24) is 4.90 Å². The van der Waals surface area contributed by atoms with Crippen molar-refractivity contribution < 1.29 is 14.6 Å². The van der Waals surface area contributed by atoms with Crippen LogP contribution >= 0.6 is 11.6 Å². The van der Waals surface area contributed by atoms with E-state index in [0.717, 1.165) is 17.9 Å². The molecule has 0 spiro atoms. The molecule has 5 N–H and O–H groups in total. The maximum atomic E-state index is 11.5. The van der Waals surface area contributed by atoms with Crippen molar-refractivity contribution in [3.8, 4) is 17.2 Å². The van der Waals surface area contributed by atoms with Gasteiger partial charge in [-0.15, -0.1) is 0 Å². The van der Waals surface area contributed by atoms with E-state index >= 15 is 0 Å². The van der Waals surface area contributed by atoms with Crippen molar-refractivity contribution in [2.45, 2.75) is 25.0 Å². The van der Waals surface area contributed by atoms with E-state index in [9.17, 15) is 5.11 Å². The molecule has 3 aromatic rings. The normalized spacial score (nSPS) is 16.3. The first kappa shape index (κ1) is 23.9. The van der Waals surface area contributed by atoms with Crippen LogP contribution in [0.25, 0.3) is 0 Å². The summed E-state index contributed by atoms with van der Waals surface area (Å²) < 4.78 is 11.4. The molecule has 0 saturated carbocycles. The number of hydrogen-bond donors (Lipinski definition) is 3. The number of likely N-dealkylation sites (tertiary alicyclic amines) is 1. The third-order valence-corrected chi connectivity index (χ3v) is 6.42. The Hall–Kier alpha value is -3.26. The number of amidine groups is 1. The summed E-state index contributed by atoms with van der Waals surface area (Å²) in [6.07, 6.45) is 1.07. The second-order valence-corrected chi connectivity index (χ2v) is 8.85. The molecular formula is C26H29ClN4O3. The average molecular weight is 481 g/mol. The van der Waals surface area contributed by atoms with Crippen LogP contribution in [0.5, 0.6) is 17.2 Å². The van der Waals surface area contributed by atoms with Crippen LogP contribution in [0.1, 0.15) is 29.5 Å². The number of rotatable bonds is 7. The molecule has 0 atom stereocenters. The number of halogens is 1. The van der Waals surface area contributed by atoms with Gasteiger partial charge in [0.25, 0.3) is 0 Å². The van der Waals surface area contributed by atoms with Gasteiger partial charge in [-0.1, -0.05) is 35.9 Å². The largest absolute Gasteiger partial charge is 0.493 e. The summed E-state index contributed by atoms with van der Waals surface area (Å²) >= 11 is 6.22. The van der Waals surface area contributed by atoms with Crippen LogP contribution in [0.2, 0.25) is 5.02 Å². The molecule has 1 fully saturated rings. The van der Waals surface area contributed by atoms with Gasteiger partial charge in [-0.2, -0.15) is 5.10 Å². The Balaban J connectivity index is 1.44. The summed E-state index contributed by atoms with van der Waals surface area (Å²) in [7, 11) is 1.62. The van der Waals surface area contributed by atoms with Crippen molar-refractivity contribution in [3.63, 3.8) is 0 Å². The van der Waals surface area contributed by atoms with E-state index in [1.165, 1.54) is 0 Å². The zero-order valence-corrected chi connectivity index (χ0v) is 19.8. The minimum Gasteiger partial charge on any atom is -0.493 e. The van der Waals surface area contributed by atoms with Crippen molar-refractivity contribution in [3.05, 3.63) is 88.4 Å². The second-order valence-electron chi connectivity index (χ2n) is 8.41. The third kappa shape index (κ3) is 5.28. The third-order valence-electron chi connectivity index (χ3n) is 6.18. The molecule has 178 valence electrons.